The minimum Gasteiger partial charge on any atom is -0.507 e. The van der Waals surface area contributed by atoms with Crippen LogP contribution in [0, 0.1) is 0 Å². The van der Waals surface area contributed by atoms with Crippen molar-refractivity contribution in [1.29, 1.82) is 0 Å². The Bertz CT molecular complexity index is 1630. The highest BCUT2D eigenvalue weighted by molar-refractivity contribution is 6.42. The molecule has 0 spiro atoms. The number of nitrogens with one attached hydrogen (secondary N) is 2. The van der Waals surface area contributed by atoms with E-state index in [1.165, 1.54) is 28.9 Å². The van der Waals surface area contributed by atoms with Gasteiger partial charge in [-0.15, -0.1) is 0 Å². The first-order chi connectivity index (χ1) is 19.5. The van der Waals surface area contributed by atoms with Gasteiger partial charge >= 0.3 is 12.2 Å². The Morgan fingerprint density at radius 1 is 1.00 bits per heavy atom. The van der Waals surface area contributed by atoms with Gasteiger partial charge in [-0.2, -0.15) is 23.0 Å². The summed E-state index contributed by atoms with van der Waals surface area (Å²) < 4.78 is 40.5. The van der Waals surface area contributed by atoms with Crippen molar-refractivity contribution in [2.45, 2.75) is 37.9 Å². The first-order valence-electron chi connectivity index (χ1n) is 12.6. The third-order valence-corrected chi connectivity index (χ3v) is 7.60. The van der Waals surface area contributed by atoms with Crippen molar-refractivity contribution in [3.8, 4) is 17.0 Å². The normalized spacial score (nSPS) is 13.5. The number of alkyl halides is 3. The van der Waals surface area contributed by atoms with Crippen LogP contribution < -0.4 is 10.6 Å². The average Bonchev–Trinajstić information content (AvgIpc) is 3.33. The van der Waals surface area contributed by atoms with Gasteiger partial charge in [-0.3, -0.25) is 4.79 Å². The number of carbonyl (C=O) groups is 2. The summed E-state index contributed by atoms with van der Waals surface area (Å²) in [6, 6.07) is 14.6. The monoisotopic (exact) mass is 602 g/mol. The zero-order chi connectivity index (χ0) is 29.3. The number of aromatic nitrogens is 2. The molecule has 1 heterocycles. The summed E-state index contributed by atoms with van der Waals surface area (Å²) in [5.74, 6) is -0.795. The van der Waals surface area contributed by atoms with Gasteiger partial charge in [0.2, 0.25) is 0 Å². The first kappa shape index (κ1) is 28.5. The molecule has 1 aromatic heterocycles. The highest BCUT2D eigenvalue weighted by Crippen LogP contribution is 2.39. The molecular weight excluding hydrogens is 580 g/mol. The molecule has 5 rings (SSSR count). The number of rotatable bonds is 6. The number of anilines is 1. The van der Waals surface area contributed by atoms with E-state index < -0.39 is 23.7 Å². The van der Waals surface area contributed by atoms with Gasteiger partial charge in [-0.05, 0) is 73.0 Å². The van der Waals surface area contributed by atoms with Gasteiger partial charge < -0.3 is 15.7 Å². The van der Waals surface area contributed by atoms with Crippen LogP contribution in [0.3, 0.4) is 0 Å². The SMILES string of the molecule is O=C(Nc1ccc(O)c(-c2cc(C3CCC3)n(C(=O)NCc3ccc(Cl)c(Cl)c3)n2)c1)c1cccc(C(F)(F)F)c1. The molecule has 1 aliphatic carbocycles. The molecule has 0 saturated heterocycles. The van der Waals surface area contributed by atoms with Gasteiger partial charge in [0.15, 0.2) is 0 Å². The molecule has 0 radical (unpaired) electrons. The third kappa shape index (κ3) is 6.34. The van der Waals surface area contributed by atoms with Gasteiger partial charge in [-0.1, -0.05) is 41.8 Å². The molecule has 1 fully saturated rings. The molecule has 41 heavy (non-hydrogen) atoms. The van der Waals surface area contributed by atoms with E-state index in [1.807, 2.05) is 0 Å². The molecule has 0 unspecified atom stereocenters. The maximum Gasteiger partial charge on any atom is 0.416 e. The molecule has 0 atom stereocenters. The molecule has 7 nitrogen and oxygen atoms in total. The van der Waals surface area contributed by atoms with E-state index in [4.69, 9.17) is 23.2 Å². The summed E-state index contributed by atoms with van der Waals surface area (Å²) in [4.78, 5) is 25.9. The van der Waals surface area contributed by atoms with Crippen molar-refractivity contribution in [2.75, 3.05) is 5.32 Å². The van der Waals surface area contributed by atoms with Crippen molar-refractivity contribution in [3.63, 3.8) is 0 Å². The lowest BCUT2D eigenvalue weighted by atomic mass is 9.82. The van der Waals surface area contributed by atoms with Crippen LogP contribution >= 0.6 is 23.2 Å². The Labute approximate surface area is 242 Å². The van der Waals surface area contributed by atoms with Crippen molar-refractivity contribution in [1.82, 2.24) is 15.1 Å². The highest BCUT2D eigenvalue weighted by atomic mass is 35.5. The molecule has 2 amide bonds. The number of amides is 2. The summed E-state index contributed by atoms with van der Waals surface area (Å²) in [7, 11) is 0. The second-order valence-corrected chi connectivity index (χ2v) is 10.5. The van der Waals surface area contributed by atoms with Crippen LogP contribution in [-0.2, 0) is 12.7 Å². The number of carbonyl (C=O) groups excluding carboxylic acids is 2. The quantitative estimate of drug-likeness (QED) is 0.196. The fourth-order valence-electron chi connectivity index (χ4n) is 4.45. The van der Waals surface area contributed by atoms with Crippen LogP contribution in [0.4, 0.5) is 23.7 Å². The van der Waals surface area contributed by atoms with E-state index in [0.717, 1.165) is 43.0 Å². The fraction of sp³-hybridized carbons (Fsp3) is 0.207. The standard InChI is InChI=1S/C29H23Cl2F3N4O3/c30-22-9-7-16(11-23(22)31)15-35-28(41)38-25(17-3-1-4-17)14-24(37-38)21-13-20(8-10-26(21)39)36-27(40)18-5-2-6-19(12-18)29(32,33)34/h2,5-14,17,39H,1,3-4,15H2,(H,35,41)(H,36,40). The number of phenols is 1. The van der Waals surface area contributed by atoms with Crippen LogP contribution in [-0.4, -0.2) is 26.8 Å². The number of hydrogen-bond donors (Lipinski definition) is 3. The van der Waals surface area contributed by atoms with Gasteiger partial charge in [0, 0.05) is 29.3 Å². The van der Waals surface area contributed by atoms with Gasteiger partial charge in [0.1, 0.15) is 5.75 Å². The number of benzene rings is 3. The molecule has 0 bridgehead atoms. The number of nitrogens with zero attached hydrogens (tertiary/aromatic N) is 2. The third-order valence-electron chi connectivity index (χ3n) is 6.86. The van der Waals surface area contributed by atoms with Crippen molar-refractivity contribution in [2.24, 2.45) is 0 Å². The van der Waals surface area contributed by atoms with Crippen LogP contribution in [0.5, 0.6) is 5.75 Å². The predicted molar refractivity (Wildman–Crippen MR) is 149 cm³/mol. The molecule has 12 heteroatoms. The molecule has 1 aliphatic rings. The Morgan fingerprint density at radius 3 is 2.46 bits per heavy atom. The summed E-state index contributed by atoms with van der Waals surface area (Å²) in [5, 5.41) is 21.2. The largest absolute Gasteiger partial charge is 0.507 e. The van der Waals surface area contributed by atoms with E-state index in [1.54, 1.807) is 24.3 Å². The van der Waals surface area contributed by atoms with Crippen LogP contribution in [0.15, 0.2) is 66.7 Å². The van der Waals surface area contributed by atoms with E-state index in [9.17, 15) is 27.9 Å². The second-order valence-electron chi connectivity index (χ2n) is 9.67. The van der Waals surface area contributed by atoms with Crippen LogP contribution in [0.1, 0.15) is 52.4 Å². The van der Waals surface area contributed by atoms with Crippen molar-refractivity contribution >= 4 is 40.8 Å². The van der Waals surface area contributed by atoms with E-state index in [0.29, 0.717) is 21.4 Å². The molecule has 4 aromatic rings. The van der Waals surface area contributed by atoms with Crippen LogP contribution in [0.2, 0.25) is 10.0 Å². The molecule has 1 saturated carbocycles. The predicted octanol–water partition coefficient (Wildman–Crippen LogP) is 7.86. The minimum absolute atomic E-state index is 0.109. The van der Waals surface area contributed by atoms with E-state index in [-0.39, 0.29) is 35.0 Å². The maximum atomic E-state index is 13.2. The van der Waals surface area contributed by atoms with Crippen molar-refractivity contribution in [3.05, 3.63) is 99.2 Å². The topological polar surface area (TPSA) is 96.2 Å². The highest BCUT2D eigenvalue weighted by Gasteiger charge is 2.31. The summed E-state index contributed by atoms with van der Waals surface area (Å²) >= 11 is 12.0. The molecule has 3 N–H and O–H groups in total. The lowest BCUT2D eigenvalue weighted by molar-refractivity contribution is -0.137. The maximum absolute atomic E-state index is 13.2. The lowest BCUT2D eigenvalue weighted by Crippen LogP contribution is -2.31. The Kier molecular flexibility index (Phi) is 7.97. The van der Waals surface area contributed by atoms with Crippen molar-refractivity contribution < 1.29 is 27.9 Å². The summed E-state index contributed by atoms with van der Waals surface area (Å²) in [6.45, 7) is 0.178. The lowest BCUT2D eigenvalue weighted by Gasteiger charge is -2.25. The number of hydrogen-bond acceptors (Lipinski definition) is 4. The van der Waals surface area contributed by atoms with Gasteiger partial charge in [-0.25, -0.2) is 4.79 Å². The average molecular weight is 603 g/mol. The smallest absolute Gasteiger partial charge is 0.416 e. The van der Waals surface area contributed by atoms with Gasteiger partial charge in [0.25, 0.3) is 5.91 Å². The minimum atomic E-state index is -4.59. The number of halogens is 5. The molecule has 212 valence electrons. The Balaban J connectivity index is 1.39. The zero-order valence-corrected chi connectivity index (χ0v) is 22.8. The Morgan fingerprint density at radius 2 is 1.78 bits per heavy atom. The summed E-state index contributed by atoms with van der Waals surface area (Å²) in [5.41, 5.74) is 1.06. The summed E-state index contributed by atoms with van der Waals surface area (Å²) in [6.07, 6.45) is -1.82. The van der Waals surface area contributed by atoms with E-state index in [2.05, 4.69) is 15.7 Å². The second kappa shape index (κ2) is 11.5. The number of phenolic OH excluding ortho intramolecular Hbond substituents is 1. The fourth-order valence-corrected chi connectivity index (χ4v) is 4.77. The Hall–Kier alpha value is -4.02. The molecule has 3 aromatic carbocycles. The molecule has 0 aliphatic heterocycles. The zero-order valence-electron chi connectivity index (χ0n) is 21.3. The molecular formula is C29H23Cl2F3N4O3. The number of aromatic hydroxyl groups is 1. The van der Waals surface area contributed by atoms with Gasteiger partial charge in [0.05, 0.1) is 27.0 Å². The van der Waals surface area contributed by atoms with E-state index >= 15 is 0 Å². The first-order valence-corrected chi connectivity index (χ1v) is 13.4. The van der Waals surface area contributed by atoms with Crippen LogP contribution in [0.25, 0.3) is 11.3 Å².